The second-order valence-corrected chi connectivity index (χ2v) is 5.66. The summed E-state index contributed by atoms with van der Waals surface area (Å²) in [6, 6.07) is 0. The zero-order valence-corrected chi connectivity index (χ0v) is 11.6. The van der Waals surface area contributed by atoms with E-state index in [-0.39, 0.29) is 35.1 Å². The predicted molar refractivity (Wildman–Crippen MR) is 69.6 cm³/mol. The Morgan fingerprint density at radius 3 is 2.06 bits per heavy atom. The van der Waals surface area contributed by atoms with Crippen LogP contribution in [-0.2, 0) is 4.79 Å². The van der Waals surface area contributed by atoms with Crippen LogP contribution in [0.25, 0.3) is 0 Å². The van der Waals surface area contributed by atoms with Gasteiger partial charge in [0.25, 0.3) is 0 Å². The van der Waals surface area contributed by atoms with E-state index in [2.05, 4.69) is 33.0 Å². The highest BCUT2D eigenvalue weighted by Crippen LogP contribution is 2.68. The molecule has 0 saturated heterocycles. The van der Waals surface area contributed by atoms with Gasteiger partial charge in [0, 0.05) is 12.5 Å². The molecule has 3 N–H and O–H groups in total. The quantitative estimate of drug-likeness (QED) is 0.731. The van der Waals surface area contributed by atoms with E-state index in [1.165, 1.54) is 0 Å². The highest BCUT2D eigenvalue weighted by Gasteiger charge is 2.68. The van der Waals surface area contributed by atoms with Gasteiger partial charge < -0.3 is 11.1 Å². The van der Waals surface area contributed by atoms with E-state index >= 15 is 0 Å². The topological polar surface area (TPSA) is 55.1 Å². The zero-order valence-electron chi connectivity index (χ0n) is 10.8. The molecule has 4 heteroatoms. The monoisotopic (exact) mass is 248 g/mol. The molecule has 0 unspecified atom stereocenters. The van der Waals surface area contributed by atoms with Crippen molar-refractivity contribution in [3.63, 3.8) is 0 Å². The van der Waals surface area contributed by atoms with Crippen molar-refractivity contribution in [2.24, 2.45) is 22.5 Å². The normalized spacial score (nSPS) is 21.1. The summed E-state index contributed by atoms with van der Waals surface area (Å²) in [6.45, 7) is 10.1. The SMILES string of the molecule is CC1(C)C(C(=O)NCCCCN)C1(C)C.Cl. The third-order valence-electron chi connectivity index (χ3n) is 4.21. The van der Waals surface area contributed by atoms with Crippen molar-refractivity contribution in [1.29, 1.82) is 0 Å². The summed E-state index contributed by atoms with van der Waals surface area (Å²) < 4.78 is 0. The third-order valence-corrected chi connectivity index (χ3v) is 4.21. The van der Waals surface area contributed by atoms with Gasteiger partial charge in [0.2, 0.25) is 5.91 Å². The van der Waals surface area contributed by atoms with Crippen LogP contribution in [0.15, 0.2) is 0 Å². The molecule has 0 heterocycles. The van der Waals surface area contributed by atoms with Gasteiger partial charge in [-0.3, -0.25) is 4.79 Å². The minimum Gasteiger partial charge on any atom is -0.356 e. The second kappa shape index (κ2) is 5.37. The molecular formula is C12H25ClN2O. The van der Waals surface area contributed by atoms with Crippen molar-refractivity contribution in [2.45, 2.75) is 40.5 Å². The van der Waals surface area contributed by atoms with Crippen LogP contribution >= 0.6 is 12.4 Å². The van der Waals surface area contributed by atoms with Crippen molar-refractivity contribution in [1.82, 2.24) is 5.32 Å². The van der Waals surface area contributed by atoms with Gasteiger partial charge in [-0.25, -0.2) is 0 Å². The average molecular weight is 249 g/mol. The summed E-state index contributed by atoms with van der Waals surface area (Å²) in [7, 11) is 0. The molecule has 0 aliphatic heterocycles. The number of rotatable bonds is 5. The molecule has 0 aromatic rings. The molecule has 3 nitrogen and oxygen atoms in total. The van der Waals surface area contributed by atoms with Crippen molar-refractivity contribution < 1.29 is 4.79 Å². The third kappa shape index (κ3) is 2.69. The number of hydrogen-bond donors (Lipinski definition) is 2. The Morgan fingerprint density at radius 2 is 1.69 bits per heavy atom. The van der Waals surface area contributed by atoms with E-state index < -0.39 is 0 Å². The molecule has 0 spiro atoms. The highest BCUT2D eigenvalue weighted by molar-refractivity contribution is 5.85. The van der Waals surface area contributed by atoms with Crippen LogP contribution in [0.5, 0.6) is 0 Å². The number of amides is 1. The number of nitrogens with one attached hydrogen (secondary N) is 1. The minimum atomic E-state index is 0. The lowest BCUT2D eigenvalue weighted by atomic mass is 10.0. The lowest BCUT2D eigenvalue weighted by Crippen LogP contribution is -2.28. The van der Waals surface area contributed by atoms with Gasteiger partial charge in [-0.2, -0.15) is 0 Å². The lowest BCUT2D eigenvalue weighted by molar-refractivity contribution is -0.123. The van der Waals surface area contributed by atoms with E-state index in [1.54, 1.807) is 0 Å². The molecule has 1 saturated carbocycles. The molecular weight excluding hydrogens is 224 g/mol. The van der Waals surface area contributed by atoms with Crippen molar-refractivity contribution in [3.8, 4) is 0 Å². The van der Waals surface area contributed by atoms with Gasteiger partial charge in [-0.15, -0.1) is 12.4 Å². The first-order valence-electron chi connectivity index (χ1n) is 5.83. The predicted octanol–water partition coefficient (Wildman–Crippen LogP) is 1.95. The molecule has 0 radical (unpaired) electrons. The van der Waals surface area contributed by atoms with Crippen LogP contribution in [0.4, 0.5) is 0 Å². The van der Waals surface area contributed by atoms with E-state index in [0.29, 0.717) is 6.54 Å². The molecule has 1 aliphatic carbocycles. The van der Waals surface area contributed by atoms with E-state index in [4.69, 9.17) is 5.73 Å². The van der Waals surface area contributed by atoms with Gasteiger partial charge in [-0.1, -0.05) is 27.7 Å². The average Bonchev–Trinajstić information content (AvgIpc) is 2.51. The van der Waals surface area contributed by atoms with Crippen LogP contribution in [-0.4, -0.2) is 19.0 Å². The Bertz CT molecular complexity index is 237. The molecule has 1 amide bonds. The summed E-state index contributed by atoms with van der Waals surface area (Å²) in [5.74, 6) is 0.380. The number of carbonyl (C=O) groups excluding carboxylic acids is 1. The summed E-state index contributed by atoms with van der Waals surface area (Å²) in [5.41, 5.74) is 5.68. The standard InChI is InChI=1S/C12H24N2O.ClH/c1-11(2)9(12(11,3)4)10(15)14-8-6-5-7-13;/h9H,5-8,13H2,1-4H3,(H,14,15);1H. The number of nitrogens with two attached hydrogens (primary N) is 1. The van der Waals surface area contributed by atoms with Gasteiger partial charge in [-0.05, 0) is 30.2 Å². The first-order chi connectivity index (χ1) is 6.85. The van der Waals surface area contributed by atoms with Crippen LogP contribution < -0.4 is 11.1 Å². The molecule has 0 aromatic heterocycles. The van der Waals surface area contributed by atoms with Crippen LogP contribution in [0.3, 0.4) is 0 Å². The Hall–Kier alpha value is -0.280. The maximum Gasteiger partial charge on any atom is 0.224 e. The fraction of sp³-hybridized carbons (Fsp3) is 0.917. The Kier molecular flexibility index (Phi) is 5.27. The molecule has 16 heavy (non-hydrogen) atoms. The molecule has 1 aliphatic rings. The maximum atomic E-state index is 11.9. The molecule has 1 fully saturated rings. The largest absolute Gasteiger partial charge is 0.356 e. The summed E-state index contributed by atoms with van der Waals surface area (Å²) in [5, 5.41) is 3.00. The van der Waals surface area contributed by atoms with Crippen LogP contribution in [0.2, 0.25) is 0 Å². The number of hydrogen-bond acceptors (Lipinski definition) is 2. The zero-order chi connectivity index (χ0) is 11.7. The van der Waals surface area contributed by atoms with Gasteiger partial charge in [0.15, 0.2) is 0 Å². The van der Waals surface area contributed by atoms with Crippen LogP contribution in [0, 0.1) is 16.7 Å². The highest BCUT2D eigenvalue weighted by atomic mass is 35.5. The Labute approximate surface area is 105 Å². The van der Waals surface area contributed by atoms with E-state index in [0.717, 1.165) is 19.4 Å². The number of carbonyl (C=O) groups is 1. The maximum absolute atomic E-state index is 11.9. The van der Waals surface area contributed by atoms with Gasteiger partial charge >= 0.3 is 0 Å². The van der Waals surface area contributed by atoms with Gasteiger partial charge in [0.05, 0.1) is 0 Å². The number of unbranched alkanes of at least 4 members (excludes halogenated alkanes) is 1. The second-order valence-electron chi connectivity index (χ2n) is 5.66. The fourth-order valence-electron chi connectivity index (χ4n) is 2.43. The molecule has 96 valence electrons. The molecule has 0 atom stereocenters. The first-order valence-corrected chi connectivity index (χ1v) is 5.83. The molecule has 0 aromatic carbocycles. The lowest BCUT2D eigenvalue weighted by Gasteiger charge is -2.05. The van der Waals surface area contributed by atoms with Gasteiger partial charge in [0.1, 0.15) is 0 Å². The Morgan fingerprint density at radius 1 is 1.19 bits per heavy atom. The summed E-state index contributed by atoms with van der Waals surface area (Å²) in [6.07, 6.45) is 1.97. The van der Waals surface area contributed by atoms with Crippen molar-refractivity contribution >= 4 is 18.3 Å². The summed E-state index contributed by atoms with van der Waals surface area (Å²) in [4.78, 5) is 11.9. The fourth-order valence-corrected chi connectivity index (χ4v) is 2.43. The van der Waals surface area contributed by atoms with Crippen molar-refractivity contribution in [2.75, 3.05) is 13.1 Å². The van der Waals surface area contributed by atoms with Crippen LogP contribution in [0.1, 0.15) is 40.5 Å². The smallest absolute Gasteiger partial charge is 0.224 e. The van der Waals surface area contributed by atoms with E-state index in [9.17, 15) is 4.79 Å². The van der Waals surface area contributed by atoms with E-state index in [1.807, 2.05) is 0 Å². The minimum absolute atomic E-state index is 0. The van der Waals surface area contributed by atoms with Crippen molar-refractivity contribution in [3.05, 3.63) is 0 Å². The Balaban J connectivity index is 0.00000225. The molecule has 1 rings (SSSR count). The molecule has 0 bridgehead atoms. The first kappa shape index (κ1) is 15.7. The summed E-state index contributed by atoms with van der Waals surface area (Å²) >= 11 is 0. The number of halogens is 1.